The van der Waals surface area contributed by atoms with Crippen LogP contribution in [-0.4, -0.2) is 56.8 Å². The summed E-state index contributed by atoms with van der Waals surface area (Å²) >= 11 is 0. The fraction of sp³-hybridized carbons (Fsp3) is 1.00. The smallest absolute Gasteiger partial charge is 0.279 e. The number of nitrogens with zero attached hydrogens (tertiary/aromatic N) is 1. The molecule has 2 fully saturated rings. The van der Waals surface area contributed by atoms with E-state index in [9.17, 15) is 8.42 Å². The maximum Gasteiger partial charge on any atom is 0.279 e. The van der Waals surface area contributed by atoms with Crippen LogP contribution in [-0.2, 0) is 14.9 Å². The van der Waals surface area contributed by atoms with Gasteiger partial charge in [0.25, 0.3) is 10.2 Å². The summed E-state index contributed by atoms with van der Waals surface area (Å²) in [7, 11) is -3.37. The zero-order valence-corrected chi connectivity index (χ0v) is 12.8. The van der Waals surface area contributed by atoms with Crippen molar-refractivity contribution in [3.8, 4) is 0 Å². The molecule has 0 aromatic rings. The Morgan fingerprint density at radius 3 is 2.55 bits per heavy atom. The van der Waals surface area contributed by atoms with E-state index in [1.165, 1.54) is 10.7 Å². The van der Waals surface area contributed by atoms with Crippen molar-refractivity contribution in [3.63, 3.8) is 0 Å². The number of nitrogens with one attached hydrogen (secondary N) is 1. The van der Waals surface area contributed by atoms with Crippen molar-refractivity contribution in [1.29, 1.82) is 0 Å². The van der Waals surface area contributed by atoms with Gasteiger partial charge in [-0.3, -0.25) is 0 Å². The highest BCUT2D eigenvalue weighted by Gasteiger charge is 2.27. The van der Waals surface area contributed by atoms with Crippen molar-refractivity contribution in [3.05, 3.63) is 0 Å². The Bertz CT molecular complexity index is 374. The van der Waals surface area contributed by atoms with Gasteiger partial charge in [0.2, 0.25) is 0 Å². The molecular formula is C13H26N2O4S. The van der Waals surface area contributed by atoms with Gasteiger partial charge in [0, 0.05) is 32.8 Å². The van der Waals surface area contributed by atoms with E-state index in [0.717, 1.165) is 38.7 Å². The summed E-state index contributed by atoms with van der Waals surface area (Å²) in [6, 6.07) is 0. The molecule has 2 N–H and O–H groups in total. The quantitative estimate of drug-likeness (QED) is 0.748. The molecule has 0 radical (unpaired) electrons. The van der Waals surface area contributed by atoms with Crippen molar-refractivity contribution >= 4 is 10.2 Å². The maximum absolute atomic E-state index is 12.1. The molecule has 2 aliphatic rings. The second-order valence-corrected chi connectivity index (χ2v) is 7.46. The highest BCUT2D eigenvalue weighted by atomic mass is 32.2. The van der Waals surface area contributed by atoms with Crippen molar-refractivity contribution < 1.29 is 18.3 Å². The highest BCUT2D eigenvalue weighted by molar-refractivity contribution is 7.87. The van der Waals surface area contributed by atoms with Gasteiger partial charge in [-0.1, -0.05) is 0 Å². The molecule has 7 heteroatoms. The van der Waals surface area contributed by atoms with Gasteiger partial charge in [0.1, 0.15) is 0 Å². The van der Waals surface area contributed by atoms with Crippen molar-refractivity contribution in [2.24, 2.45) is 5.92 Å². The number of rotatable bonds is 6. The third-order valence-electron chi connectivity index (χ3n) is 4.20. The SMILES string of the molecule is O=S(=O)(NCCC1CCCCO1)N1CCC(CO)CC1. The lowest BCUT2D eigenvalue weighted by atomic mass is 10.00. The van der Waals surface area contributed by atoms with Gasteiger partial charge in [0.15, 0.2) is 0 Å². The van der Waals surface area contributed by atoms with E-state index in [4.69, 9.17) is 9.84 Å². The molecule has 118 valence electrons. The van der Waals surface area contributed by atoms with Crippen LogP contribution in [0.2, 0.25) is 0 Å². The van der Waals surface area contributed by atoms with E-state index in [2.05, 4.69) is 4.72 Å². The number of hydrogen-bond donors (Lipinski definition) is 2. The van der Waals surface area contributed by atoms with Crippen LogP contribution in [0.3, 0.4) is 0 Å². The molecular weight excluding hydrogens is 280 g/mol. The van der Waals surface area contributed by atoms with Crippen LogP contribution in [0.1, 0.15) is 38.5 Å². The molecule has 0 amide bonds. The Balaban J connectivity index is 1.70. The summed E-state index contributed by atoms with van der Waals surface area (Å²) in [5.74, 6) is 0.247. The topological polar surface area (TPSA) is 78.9 Å². The average Bonchev–Trinajstić information content (AvgIpc) is 2.48. The molecule has 6 nitrogen and oxygen atoms in total. The predicted molar refractivity (Wildman–Crippen MR) is 76.5 cm³/mol. The predicted octanol–water partition coefficient (Wildman–Crippen LogP) is 0.484. The molecule has 0 aromatic carbocycles. The molecule has 1 atom stereocenters. The lowest BCUT2D eigenvalue weighted by Crippen LogP contribution is -2.46. The van der Waals surface area contributed by atoms with Gasteiger partial charge in [-0.05, 0) is 44.4 Å². The van der Waals surface area contributed by atoms with E-state index < -0.39 is 10.2 Å². The summed E-state index contributed by atoms with van der Waals surface area (Å²) in [5.41, 5.74) is 0. The van der Waals surface area contributed by atoms with Crippen LogP contribution < -0.4 is 4.72 Å². The van der Waals surface area contributed by atoms with Crippen LogP contribution in [0.15, 0.2) is 0 Å². The lowest BCUT2D eigenvalue weighted by molar-refractivity contribution is 0.0123. The van der Waals surface area contributed by atoms with Crippen LogP contribution >= 0.6 is 0 Å². The Morgan fingerprint density at radius 2 is 1.95 bits per heavy atom. The molecule has 0 saturated carbocycles. The largest absolute Gasteiger partial charge is 0.396 e. The zero-order chi connectivity index (χ0) is 14.4. The summed E-state index contributed by atoms with van der Waals surface area (Å²) in [4.78, 5) is 0. The minimum absolute atomic E-state index is 0.153. The fourth-order valence-electron chi connectivity index (χ4n) is 2.81. The molecule has 0 spiro atoms. The van der Waals surface area contributed by atoms with Crippen LogP contribution in [0.4, 0.5) is 0 Å². The Hall–Kier alpha value is -0.210. The van der Waals surface area contributed by atoms with Crippen molar-refractivity contribution in [1.82, 2.24) is 9.03 Å². The summed E-state index contributed by atoms with van der Waals surface area (Å²) in [5, 5.41) is 9.07. The monoisotopic (exact) mass is 306 g/mol. The van der Waals surface area contributed by atoms with Crippen LogP contribution in [0.5, 0.6) is 0 Å². The molecule has 2 saturated heterocycles. The third kappa shape index (κ3) is 4.66. The first kappa shape index (κ1) is 16.2. The Kier molecular flexibility index (Phi) is 6.22. The number of aliphatic hydroxyl groups excluding tert-OH is 1. The molecule has 0 bridgehead atoms. The second kappa shape index (κ2) is 7.70. The van der Waals surface area contributed by atoms with E-state index in [0.29, 0.717) is 19.6 Å². The van der Waals surface area contributed by atoms with E-state index in [-0.39, 0.29) is 18.6 Å². The number of aliphatic hydroxyl groups is 1. The van der Waals surface area contributed by atoms with Crippen molar-refractivity contribution in [2.45, 2.75) is 44.6 Å². The summed E-state index contributed by atoms with van der Waals surface area (Å²) < 4.78 is 34.0. The summed E-state index contributed by atoms with van der Waals surface area (Å²) in [6.07, 6.45) is 5.74. The Labute approximate surface area is 121 Å². The fourth-order valence-corrected chi connectivity index (χ4v) is 4.06. The summed E-state index contributed by atoms with van der Waals surface area (Å²) in [6.45, 7) is 2.39. The van der Waals surface area contributed by atoms with Gasteiger partial charge in [-0.2, -0.15) is 12.7 Å². The first-order valence-corrected chi connectivity index (χ1v) is 9.03. The molecule has 2 heterocycles. The van der Waals surface area contributed by atoms with E-state index in [1.807, 2.05) is 0 Å². The van der Waals surface area contributed by atoms with Gasteiger partial charge in [-0.15, -0.1) is 0 Å². The van der Waals surface area contributed by atoms with E-state index in [1.54, 1.807) is 0 Å². The standard InChI is InChI=1S/C13H26N2O4S/c16-11-12-5-8-15(9-6-12)20(17,18)14-7-4-13-3-1-2-10-19-13/h12-14,16H,1-11H2. The molecule has 1 unspecified atom stereocenters. The first-order chi connectivity index (χ1) is 9.62. The minimum atomic E-state index is -3.37. The van der Waals surface area contributed by atoms with E-state index >= 15 is 0 Å². The molecule has 2 rings (SSSR count). The van der Waals surface area contributed by atoms with Gasteiger partial charge in [0.05, 0.1) is 6.10 Å². The number of piperidine rings is 1. The Morgan fingerprint density at radius 1 is 1.20 bits per heavy atom. The first-order valence-electron chi connectivity index (χ1n) is 7.59. The molecule has 20 heavy (non-hydrogen) atoms. The normalized spacial score (nSPS) is 26.8. The van der Waals surface area contributed by atoms with Crippen molar-refractivity contribution in [2.75, 3.05) is 32.8 Å². The number of ether oxygens (including phenoxy) is 1. The highest BCUT2D eigenvalue weighted by Crippen LogP contribution is 2.19. The third-order valence-corrected chi connectivity index (χ3v) is 5.81. The van der Waals surface area contributed by atoms with Crippen LogP contribution in [0, 0.1) is 5.92 Å². The lowest BCUT2D eigenvalue weighted by Gasteiger charge is -2.30. The van der Waals surface area contributed by atoms with Gasteiger partial charge >= 0.3 is 0 Å². The second-order valence-electron chi connectivity index (χ2n) is 5.70. The van der Waals surface area contributed by atoms with Gasteiger partial charge in [-0.25, -0.2) is 4.72 Å². The molecule has 0 aromatic heterocycles. The molecule has 0 aliphatic carbocycles. The minimum Gasteiger partial charge on any atom is -0.396 e. The van der Waals surface area contributed by atoms with Gasteiger partial charge < -0.3 is 9.84 Å². The molecule has 2 aliphatic heterocycles. The maximum atomic E-state index is 12.1. The van der Waals surface area contributed by atoms with Crippen LogP contribution in [0.25, 0.3) is 0 Å². The number of hydrogen-bond acceptors (Lipinski definition) is 4. The zero-order valence-electron chi connectivity index (χ0n) is 12.0. The average molecular weight is 306 g/mol.